The number of hydrogen-bond donors (Lipinski definition) is 4. The molecule has 3 aromatic rings. The first kappa shape index (κ1) is 27.1. The number of ether oxygens (including phenoxy) is 1. The van der Waals surface area contributed by atoms with Crippen molar-refractivity contribution in [1.82, 2.24) is 9.97 Å². The molecule has 1 aromatic heterocycles. The molecule has 13 heteroatoms. The Morgan fingerprint density at radius 2 is 1.77 bits per heavy atom. The molecule has 204 valence electrons. The van der Waals surface area contributed by atoms with E-state index in [0.29, 0.717) is 18.8 Å². The van der Waals surface area contributed by atoms with Crippen LogP contribution in [0.15, 0.2) is 41.6 Å². The van der Waals surface area contributed by atoms with Crippen LogP contribution in [0.4, 0.5) is 20.4 Å². The number of benzene rings is 2. The van der Waals surface area contributed by atoms with Crippen LogP contribution < -0.4 is 14.8 Å². The standard InChI is InChI=1S/C26H23ClF2N4O5S/c27-15-9-19-22(35)13-38-25(19)23(10-15)39(36,37)33-21-8-7-20(28)18(24(21)29)6-1-14-11-30-26(31-12-14)32-16-2-4-17(34)5-3-16/h7-12,16-17,22,33-35H,2-5,13H2,(H,30,31,32)/t16-,17-,22?. The fraction of sp³-hybridized carbons (Fsp3) is 0.308. The molecule has 0 bridgehead atoms. The lowest BCUT2D eigenvalue weighted by Gasteiger charge is -2.25. The minimum Gasteiger partial charge on any atom is -0.489 e. The molecule has 1 fully saturated rings. The molecular weight excluding hydrogens is 554 g/mol. The largest absolute Gasteiger partial charge is 0.489 e. The van der Waals surface area contributed by atoms with E-state index in [-0.39, 0.29) is 40.7 Å². The summed E-state index contributed by atoms with van der Waals surface area (Å²) in [7, 11) is -4.45. The smallest absolute Gasteiger partial charge is 0.265 e. The summed E-state index contributed by atoms with van der Waals surface area (Å²) in [6.45, 7) is -0.158. The zero-order chi connectivity index (χ0) is 27.7. The van der Waals surface area contributed by atoms with E-state index in [1.54, 1.807) is 0 Å². The molecule has 5 rings (SSSR count). The second-order valence-corrected chi connectivity index (χ2v) is 11.3. The number of aliphatic hydroxyl groups excluding tert-OH is 2. The molecule has 1 atom stereocenters. The van der Waals surface area contributed by atoms with Gasteiger partial charge >= 0.3 is 0 Å². The molecule has 1 aliphatic carbocycles. The predicted octanol–water partition coefficient (Wildman–Crippen LogP) is 3.75. The maximum Gasteiger partial charge on any atom is 0.265 e. The number of anilines is 2. The van der Waals surface area contributed by atoms with E-state index in [1.807, 2.05) is 0 Å². The van der Waals surface area contributed by atoms with Crippen LogP contribution in [0.25, 0.3) is 0 Å². The predicted molar refractivity (Wildman–Crippen MR) is 139 cm³/mol. The Hall–Kier alpha value is -3.50. The molecule has 2 aliphatic rings. The molecule has 0 amide bonds. The number of fused-ring (bicyclic) bond motifs is 1. The maximum atomic E-state index is 15.2. The zero-order valence-corrected chi connectivity index (χ0v) is 21.9. The van der Waals surface area contributed by atoms with Gasteiger partial charge in [0.25, 0.3) is 10.0 Å². The lowest BCUT2D eigenvalue weighted by atomic mass is 9.93. The summed E-state index contributed by atoms with van der Waals surface area (Å²) in [6, 6.07) is 4.46. The summed E-state index contributed by atoms with van der Waals surface area (Å²) in [4.78, 5) is 7.97. The van der Waals surface area contributed by atoms with Crippen LogP contribution in [0.3, 0.4) is 0 Å². The van der Waals surface area contributed by atoms with Gasteiger partial charge in [-0.05, 0) is 49.9 Å². The third kappa shape index (κ3) is 5.91. The highest BCUT2D eigenvalue weighted by Gasteiger charge is 2.32. The highest BCUT2D eigenvalue weighted by molar-refractivity contribution is 7.92. The van der Waals surface area contributed by atoms with Crippen LogP contribution in [0.5, 0.6) is 5.75 Å². The first-order valence-corrected chi connectivity index (χ1v) is 13.9. The number of aliphatic hydroxyl groups is 2. The Morgan fingerprint density at radius 1 is 1.05 bits per heavy atom. The Morgan fingerprint density at radius 3 is 2.49 bits per heavy atom. The first-order valence-electron chi connectivity index (χ1n) is 12.0. The number of nitrogens with one attached hydrogen (secondary N) is 2. The number of hydrogen-bond acceptors (Lipinski definition) is 8. The molecule has 39 heavy (non-hydrogen) atoms. The quantitative estimate of drug-likeness (QED) is 0.338. The van der Waals surface area contributed by atoms with Gasteiger partial charge in [-0.2, -0.15) is 0 Å². The molecular formula is C26H23ClF2N4O5S. The van der Waals surface area contributed by atoms with Crippen molar-refractivity contribution in [3.8, 4) is 17.6 Å². The number of nitrogens with zero attached hydrogens (tertiary/aromatic N) is 2. The van der Waals surface area contributed by atoms with Gasteiger partial charge < -0.3 is 20.3 Å². The van der Waals surface area contributed by atoms with Crippen LogP contribution in [0.2, 0.25) is 5.02 Å². The van der Waals surface area contributed by atoms with Crippen molar-refractivity contribution >= 4 is 33.3 Å². The third-order valence-corrected chi connectivity index (χ3v) is 8.02. The van der Waals surface area contributed by atoms with Crippen LogP contribution in [0.1, 0.15) is 48.5 Å². The summed E-state index contributed by atoms with van der Waals surface area (Å²) < 4.78 is 63.2. The number of sulfonamides is 1. The number of halogens is 3. The van der Waals surface area contributed by atoms with Gasteiger partial charge in [0, 0.05) is 29.0 Å². The summed E-state index contributed by atoms with van der Waals surface area (Å²) >= 11 is 6.02. The second-order valence-electron chi connectivity index (χ2n) is 9.23. The molecule has 1 saturated carbocycles. The van der Waals surface area contributed by atoms with Crippen molar-refractivity contribution < 1.29 is 32.1 Å². The fourth-order valence-electron chi connectivity index (χ4n) is 4.39. The maximum absolute atomic E-state index is 15.2. The number of aromatic nitrogens is 2. The van der Waals surface area contributed by atoms with Crippen LogP contribution >= 0.6 is 11.6 Å². The Labute approximate surface area is 228 Å². The second kappa shape index (κ2) is 10.9. The van der Waals surface area contributed by atoms with Gasteiger partial charge in [0.2, 0.25) is 5.95 Å². The molecule has 2 heterocycles. The summed E-state index contributed by atoms with van der Waals surface area (Å²) in [6.07, 6.45) is 4.44. The van der Waals surface area contributed by atoms with Gasteiger partial charge in [0.1, 0.15) is 29.2 Å². The first-order chi connectivity index (χ1) is 18.6. The molecule has 2 aromatic carbocycles. The molecule has 9 nitrogen and oxygen atoms in total. The van der Waals surface area contributed by atoms with Crippen molar-refractivity contribution in [2.45, 2.75) is 48.8 Å². The molecule has 1 unspecified atom stereocenters. The molecule has 0 radical (unpaired) electrons. The van der Waals surface area contributed by atoms with Gasteiger partial charge in [-0.15, -0.1) is 0 Å². The Balaban J connectivity index is 1.35. The van der Waals surface area contributed by atoms with Crippen LogP contribution in [-0.2, 0) is 10.0 Å². The summed E-state index contributed by atoms with van der Waals surface area (Å²) in [5.41, 5.74) is -0.716. The van der Waals surface area contributed by atoms with Gasteiger partial charge in [-0.3, -0.25) is 4.72 Å². The molecule has 0 spiro atoms. The van der Waals surface area contributed by atoms with Gasteiger partial charge in [0.15, 0.2) is 5.82 Å². The lowest BCUT2D eigenvalue weighted by molar-refractivity contribution is 0.126. The number of rotatable bonds is 5. The van der Waals surface area contributed by atoms with Crippen molar-refractivity contribution in [2.75, 3.05) is 16.6 Å². The molecule has 4 N–H and O–H groups in total. The van der Waals surface area contributed by atoms with E-state index in [4.69, 9.17) is 16.3 Å². The van der Waals surface area contributed by atoms with E-state index in [2.05, 4.69) is 31.8 Å². The summed E-state index contributed by atoms with van der Waals surface area (Å²) in [5.74, 6) is 3.04. The van der Waals surface area contributed by atoms with Crippen molar-refractivity contribution in [3.63, 3.8) is 0 Å². The average molecular weight is 577 g/mol. The third-order valence-electron chi connectivity index (χ3n) is 6.43. The monoisotopic (exact) mass is 576 g/mol. The van der Waals surface area contributed by atoms with Crippen molar-refractivity contribution in [1.29, 1.82) is 0 Å². The molecule has 0 saturated heterocycles. The van der Waals surface area contributed by atoms with Gasteiger partial charge in [-0.1, -0.05) is 23.4 Å². The lowest BCUT2D eigenvalue weighted by Crippen LogP contribution is -2.28. The van der Waals surface area contributed by atoms with Crippen LogP contribution in [-0.4, -0.2) is 47.4 Å². The average Bonchev–Trinajstić information content (AvgIpc) is 3.27. The highest BCUT2D eigenvalue weighted by atomic mass is 35.5. The Kier molecular flexibility index (Phi) is 7.59. The van der Waals surface area contributed by atoms with Gasteiger partial charge in [0.05, 0.1) is 22.9 Å². The van der Waals surface area contributed by atoms with Crippen molar-refractivity contribution in [3.05, 3.63) is 70.0 Å². The minimum atomic E-state index is -4.45. The van der Waals surface area contributed by atoms with Crippen molar-refractivity contribution in [2.24, 2.45) is 0 Å². The minimum absolute atomic E-state index is 0.0331. The molecule has 1 aliphatic heterocycles. The van der Waals surface area contributed by atoms with E-state index in [1.165, 1.54) is 18.5 Å². The van der Waals surface area contributed by atoms with Crippen LogP contribution in [0, 0.1) is 23.5 Å². The topological polar surface area (TPSA) is 134 Å². The SMILES string of the molecule is O=S(=O)(Nc1ccc(F)c(C#Cc2cnc(N[C@H]3CC[C@H](O)CC3)nc2)c1F)c1cc(Cl)cc2c1OCC2O. The highest BCUT2D eigenvalue weighted by Crippen LogP contribution is 2.40. The Bertz CT molecular complexity index is 1570. The summed E-state index contributed by atoms with van der Waals surface area (Å²) in [5, 5.41) is 22.8. The normalized spacial score (nSPS) is 20.4. The van der Waals surface area contributed by atoms with E-state index >= 15 is 4.39 Å². The zero-order valence-electron chi connectivity index (χ0n) is 20.3. The van der Waals surface area contributed by atoms with Gasteiger partial charge in [-0.25, -0.2) is 27.2 Å². The fourth-order valence-corrected chi connectivity index (χ4v) is 5.94. The van der Waals surface area contributed by atoms with E-state index in [9.17, 15) is 23.0 Å². The van der Waals surface area contributed by atoms with E-state index in [0.717, 1.165) is 31.0 Å². The van der Waals surface area contributed by atoms with E-state index < -0.39 is 43.9 Å².